The first-order valence-electron chi connectivity index (χ1n) is 13.7. The molecule has 0 radical (unpaired) electrons. The molecule has 2 bridgehead atoms. The Kier molecular flexibility index (Phi) is 8.05. The second kappa shape index (κ2) is 11.6. The van der Waals surface area contributed by atoms with Crippen molar-refractivity contribution >= 4 is 28.2 Å². The lowest BCUT2D eigenvalue weighted by molar-refractivity contribution is -0.0341. The molecule has 1 amide bonds. The number of aryl methyl sites for hydroxylation is 1. The Morgan fingerprint density at radius 2 is 1.76 bits per heavy atom. The highest BCUT2D eigenvalue weighted by atomic mass is 16.6. The highest BCUT2D eigenvalue weighted by Gasteiger charge is 2.39. The first-order chi connectivity index (χ1) is 18.4. The van der Waals surface area contributed by atoms with Crippen molar-refractivity contribution in [1.82, 2.24) is 10.2 Å². The Morgan fingerprint density at radius 1 is 1.03 bits per heavy atom. The van der Waals surface area contributed by atoms with Gasteiger partial charge in [0, 0.05) is 63.3 Å². The molecule has 5 rings (SSSR count). The number of piperidine rings is 2. The lowest BCUT2D eigenvalue weighted by Gasteiger charge is -2.48. The maximum Gasteiger partial charge on any atom is 0.412 e. The highest BCUT2D eigenvalue weighted by molar-refractivity contribution is 5.96. The average molecular weight is 517 g/mol. The maximum absolute atomic E-state index is 12.7. The number of benzene rings is 3. The summed E-state index contributed by atoms with van der Waals surface area (Å²) in [6.07, 6.45) is 4.80. The molecule has 2 aliphatic rings. The minimum atomic E-state index is -0.406. The van der Waals surface area contributed by atoms with Crippen molar-refractivity contribution in [1.29, 1.82) is 0 Å². The zero-order chi connectivity index (χ0) is 26.6. The van der Waals surface area contributed by atoms with Gasteiger partial charge in [-0.2, -0.15) is 0 Å². The van der Waals surface area contributed by atoms with E-state index >= 15 is 0 Å². The molecule has 3 aromatic carbocycles. The van der Waals surface area contributed by atoms with Crippen molar-refractivity contribution in [2.24, 2.45) is 0 Å². The topological polar surface area (TPSA) is 66.1 Å². The molecule has 0 saturated carbocycles. The minimum Gasteiger partial charge on any atom is -0.495 e. The summed E-state index contributed by atoms with van der Waals surface area (Å²) < 4.78 is 11.3. The largest absolute Gasteiger partial charge is 0.495 e. The number of rotatable bonds is 8. The van der Waals surface area contributed by atoms with Crippen LogP contribution in [0.1, 0.15) is 43.2 Å². The molecular weight excluding hydrogens is 476 g/mol. The molecule has 0 aliphatic carbocycles. The number of hydrogen-bond donors (Lipinski definition) is 2. The van der Waals surface area contributed by atoms with Gasteiger partial charge in [-0.3, -0.25) is 10.2 Å². The van der Waals surface area contributed by atoms with Crippen molar-refractivity contribution in [3.05, 3.63) is 65.7 Å². The first-order valence-corrected chi connectivity index (χ1v) is 13.7. The third-order valence-corrected chi connectivity index (χ3v) is 8.03. The van der Waals surface area contributed by atoms with E-state index in [-0.39, 0.29) is 6.10 Å². The quantitative estimate of drug-likeness (QED) is 0.388. The second-order valence-corrected chi connectivity index (χ2v) is 10.8. The number of nitrogens with one attached hydrogen (secondary N) is 2. The number of hydrogen-bond acceptors (Lipinski definition) is 6. The molecule has 202 valence electrons. The fourth-order valence-corrected chi connectivity index (χ4v) is 6.22. The van der Waals surface area contributed by atoms with E-state index in [1.54, 1.807) is 7.11 Å². The third kappa shape index (κ3) is 5.74. The fourth-order valence-electron chi connectivity index (χ4n) is 6.22. The Balaban J connectivity index is 1.18. The number of carbonyl (C=O) groups excluding carboxylic acids is 1. The second-order valence-electron chi connectivity index (χ2n) is 10.8. The molecule has 38 heavy (non-hydrogen) atoms. The molecule has 2 N–H and O–H groups in total. The van der Waals surface area contributed by atoms with Crippen molar-refractivity contribution in [2.75, 3.05) is 38.1 Å². The van der Waals surface area contributed by atoms with Crippen LogP contribution in [0.4, 0.5) is 16.2 Å². The van der Waals surface area contributed by atoms with Gasteiger partial charge in [-0.15, -0.1) is 0 Å². The predicted molar refractivity (Wildman–Crippen MR) is 154 cm³/mol. The number of carbonyl (C=O) groups is 1. The fraction of sp³-hybridized carbons (Fsp3) is 0.452. The number of ether oxygens (including phenoxy) is 2. The number of fused-ring (bicyclic) bond motifs is 3. The first kappa shape index (κ1) is 26.3. The molecule has 2 unspecified atom stereocenters. The number of methoxy groups -OCH3 is 1. The van der Waals surface area contributed by atoms with Gasteiger partial charge in [0.05, 0.1) is 12.8 Å². The van der Waals surface area contributed by atoms with E-state index in [4.69, 9.17) is 9.47 Å². The molecular formula is C31H40N4O3. The zero-order valence-electron chi connectivity index (χ0n) is 23.0. The molecule has 7 heteroatoms. The van der Waals surface area contributed by atoms with Crippen LogP contribution >= 0.6 is 0 Å². The predicted octanol–water partition coefficient (Wildman–Crippen LogP) is 5.90. The van der Waals surface area contributed by atoms with E-state index in [0.717, 1.165) is 44.5 Å². The van der Waals surface area contributed by atoms with Gasteiger partial charge in [0.2, 0.25) is 0 Å². The Morgan fingerprint density at radius 3 is 2.50 bits per heavy atom. The summed E-state index contributed by atoms with van der Waals surface area (Å²) in [5.41, 5.74) is 4.26. The van der Waals surface area contributed by atoms with Crippen LogP contribution in [0.25, 0.3) is 10.8 Å². The molecule has 2 atom stereocenters. The van der Waals surface area contributed by atoms with Gasteiger partial charge in [0.1, 0.15) is 11.9 Å². The lowest BCUT2D eigenvalue weighted by atomic mass is 9.83. The van der Waals surface area contributed by atoms with Crippen LogP contribution in [0, 0.1) is 6.92 Å². The van der Waals surface area contributed by atoms with Crippen LogP contribution in [0.15, 0.2) is 54.6 Å². The molecule has 2 fully saturated rings. The summed E-state index contributed by atoms with van der Waals surface area (Å²) >= 11 is 0. The number of anilines is 2. The molecule has 0 aromatic heterocycles. The monoisotopic (exact) mass is 516 g/mol. The van der Waals surface area contributed by atoms with E-state index in [1.807, 2.05) is 25.1 Å². The Labute approximate surface area is 226 Å². The summed E-state index contributed by atoms with van der Waals surface area (Å²) in [6.45, 7) is 3.66. The van der Waals surface area contributed by atoms with Gasteiger partial charge < -0.3 is 19.7 Å². The zero-order valence-corrected chi connectivity index (χ0v) is 23.0. The van der Waals surface area contributed by atoms with Gasteiger partial charge in [-0.25, -0.2) is 4.79 Å². The molecule has 0 spiro atoms. The van der Waals surface area contributed by atoms with E-state index in [1.165, 1.54) is 28.4 Å². The van der Waals surface area contributed by atoms with Crippen molar-refractivity contribution < 1.29 is 14.3 Å². The standard InChI is InChI=1S/C31H40N4O3/c1-21-14-15-30(37-4)28(16-21)33-31(36)38-25-17-23-9-6-10-24(18-25)35(23)20-32-19-22-8-5-12-27-26(22)11-7-13-29(27)34(2)3/h5,7-8,11-16,23-25,32H,6,9-10,17-20H2,1-4H3,(H,33,36). The van der Waals surface area contributed by atoms with Crippen molar-refractivity contribution in [3.63, 3.8) is 0 Å². The van der Waals surface area contributed by atoms with E-state index in [9.17, 15) is 4.79 Å². The Bertz CT molecular complexity index is 1260. The highest BCUT2D eigenvalue weighted by Crippen LogP contribution is 2.35. The SMILES string of the molecule is COc1ccc(C)cc1NC(=O)OC1CC2CCCC(C1)N2CNCc1cccc2c(N(C)C)cccc12. The third-order valence-electron chi connectivity index (χ3n) is 8.03. The van der Waals surface area contributed by atoms with Crippen LogP contribution in [0.5, 0.6) is 5.75 Å². The number of nitrogens with zero attached hydrogens (tertiary/aromatic N) is 2. The summed E-state index contributed by atoms with van der Waals surface area (Å²) in [4.78, 5) is 17.5. The van der Waals surface area contributed by atoms with E-state index in [0.29, 0.717) is 23.5 Å². The lowest BCUT2D eigenvalue weighted by Crippen LogP contribution is -2.56. The van der Waals surface area contributed by atoms with Crippen LogP contribution in [-0.2, 0) is 11.3 Å². The summed E-state index contributed by atoms with van der Waals surface area (Å²) in [6, 6.07) is 19.7. The van der Waals surface area contributed by atoms with E-state index < -0.39 is 6.09 Å². The summed E-state index contributed by atoms with van der Waals surface area (Å²) in [5, 5.41) is 9.20. The molecule has 3 aromatic rings. The molecule has 2 saturated heterocycles. The van der Waals surface area contributed by atoms with Crippen molar-refractivity contribution in [3.8, 4) is 5.75 Å². The van der Waals surface area contributed by atoms with Crippen molar-refractivity contribution in [2.45, 2.75) is 63.8 Å². The van der Waals surface area contributed by atoms with Gasteiger partial charge >= 0.3 is 6.09 Å². The molecule has 2 heterocycles. The van der Waals surface area contributed by atoms with E-state index in [2.05, 4.69) is 70.9 Å². The number of amides is 1. The van der Waals surface area contributed by atoms with Gasteiger partial charge in [-0.05, 0) is 54.5 Å². The normalized spacial score (nSPS) is 21.2. The summed E-state index contributed by atoms with van der Waals surface area (Å²) in [5.74, 6) is 0.634. The van der Waals surface area contributed by atoms with Crippen LogP contribution in [0.3, 0.4) is 0 Å². The minimum absolute atomic E-state index is 0.0696. The molecule has 2 aliphatic heterocycles. The van der Waals surface area contributed by atoms with Gasteiger partial charge in [0.15, 0.2) is 0 Å². The van der Waals surface area contributed by atoms with Crippen LogP contribution in [-0.4, -0.2) is 57.1 Å². The van der Waals surface area contributed by atoms with Gasteiger partial charge in [-0.1, -0.05) is 42.8 Å². The van der Waals surface area contributed by atoms with Crippen LogP contribution < -0.4 is 20.3 Å². The smallest absolute Gasteiger partial charge is 0.412 e. The van der Waals surface area contributed by atoms with Gasteiger partial charge in [0.25, 0.3) is 0 Å². The average Bonchev–Trinajstić information content (AvgIpc) is 2.88. The molecule has 7 nitrogen and oxygen atoms in total. The van der Waals surface area contributed by atoms with Crippen LogP contribution in [0.2, 0.25) is 0 Å². The Hall–Kier alpha value is -3.29. The maximum atomic E-state index is 12.7. The summed E-state index contributed by atoms with van der Waals surface area (Å²) in [7, 11) is 5.79.